The lowest BCUT2D eigenvalue weighted by Crippen LogP contribution is -2.26. The van der Waals surface area contributed by atoms with Crippen LogP contribution in [0.15, 0.2) is 42.5 Å². The highest BCUT2D eigenvalue weighted by Gasteiger charge is 2.13. The maximum Gasteiger partial charge on any atom is 0.274 e. The third-order valence-corrected chi connectivity index (χ3v) is 3.15. The molecule has 0 fully saturated rings. The van der Waals surface area contributed by atoms with E-state index in [4.69, 9.17) is 0 Å². The van der Waals surface area contributed by atoms with Crippen molar-refractivity contribution in [2.24, 2.45) is 0 Å². The van der Waals surface area contributed by atoms with Crippen molar-refractivity contribution in [2.45, 2.75) is 19.8 Å². The first-order chi connectivity index (χ1) is 11.1. The maximum absolute atomic E-state index is 13.5. The van der Waals surface area contributed by atoms with Crippen LogP contribution in [0.3, 0.4) is 0 Å². The zero-order valence-electron chi connectivity index (χ0n) is 12.8. The van der Waals surface area contributed by atoms with Crippen LogP contribution in [0.2, 0.25) is 0 Å². The Bertz CT molecular complexity index is 704. The fourth-order valence-corrected chi connectivity index (χ4v) is 1.91. The molecule has 0 radical (unpaired) electrons. The Balaban J connectivity index is 2.08. The molecular formula is C17H18FN3O2. The van der Waals surface area contributed by atoms with Gasteiger partial charge in [-0.15, -0.1) is 0 Å². The summed E-state index contributed by atoms with van der Waals surface area (Å²) in [5, 5.41) is 5.17. The number of benzene rings is 1. The molecule has 2 rings (SSSR count). The van der Waals surface area contributed by atoms with Crippen LogP contribution in [0.1, 0.15) is 40.7 Å². The fraction of sp³-hybridized carbons (Fsp3) is 0.235. The van der Waals surface area contributed by atoms with Crippen molar-refractivity contribution >= 4 is 17.5 Å². The van der Waals surface area contributed by atoms with Gasteiger partial charge in [0.1, 0.15) is 17.2 Å². The topological polar surface area (TPSA) is 71.1 Å². The number of halogens is 1. The first-order valence-electron chi connectivity index (χ1n) is 7.43. The van der Waals surface area contributed by atoms with Gasteiger partial charge in [-0.2, -0.15) is 0 Å². The minimum absolute atomic E-state index is 0.0522. The second-order valence-electron chi connectivity index (χ2n) is 4.95. The number of para-hydroxylation sites is 1. The monoisotopic (exact) mass is 315 g/mol. The number of anilines is 1. The highest BCUT2D eigenvalue weighted by Crippen LogP contribution is 2.13. The Morgan fingerprint density at radius 3 is 2.43 bits per heavy atom. The van der Waals surface area contributed by atoms with Crippen molar-refractivity contribution in [1.29, 1.82) is 0 Å². The van der Waals surface area contributed by atoms with E-state index < -0.39 is 11.7 Å². The Labute approximate surface area is 133 Å². The summed E-state index contributed by atoms with van der Waals surface area (Å²) in [5.74, 6) is -1.44. The highest BCUT2D eigenvalue weighted by atomic mass is 19.1. The Morgan fingerprint density at radius 2 is 1.74 bits per heavy atom. The van der Waals surface area contributed by atoms with E-state index in [1.165, 1.54) is 30.3 Å². The molecule has 0 saturated carbocycles. The van der Waals surface area contributed by atoms with E-state index in [-0.39, 0.29) is 23.0 Å². The molecule has 1 aromatic heterocycles. The van der Waals surface area contributed by atoms with Crippen molar-refractivity contribution in [1.82, 2.24) is 10.3 Å². The predicted molar refractivity (Wildman–Crippen MR) is 85.8 cm³/mol. The normalized spacial score (nSPS) is 10.2. The van der Waals surface area contributed by atoms with E-state index in [0.717, 1.165) is 12.8 Å². The first kappa shape index (κ1) is 16.6. The van der Waals surface area contributed by atoms with E-state index >= 15 is 0 Å². The Kier molecular flexibility index (Phi) is 5.80. The molecule has 23 heavy (non-hydrogen) atoms. The van der Waals surface area contributed by atoms with Gasteiger partial charge in [-0.05, 0) is 30.7 Å². The molecule has 1 aromatic carbocycles. The molecule has 1 heterocycles. The largest absolute Gasteiger partial charge is 0.351 e. The molecule has 0 aliphatic carbocycles. The zero-order chi connectivity index (χ0) is 16.7. The lowest BCUT2D eigenvalue weighted by molar-refractivity contribution is 0.0948. The highest BCUT2D eigenvalue weighted by molar-refractivity contribution is 6.03. The van der Waals surface area contributed by atoms with Crippen molar-refractivity contribution in [3.05, 3.63) is 59.7 Å². The molecule has 2 N–H and O–H groups in total. The number of carbonyl (C=O) groups is 2. The van der Waals surface area contributed by atoms with Gasteiger partial charge in [0, 0.05) is 6.54 Å². The van der Waals surface area contributed by atoms with Crippen LogP contribution in [0, 0.1) is 5.82 Å². The van der Waals surface area contributed by atoms with Crippen LogP contribution < -0.4 is 10.6 Å². The van der Waals surface area contributed by atoms with Crippen LogP contribution in [-0.2, 0) is 0 Å². The van der Waals surface area contributed by atoms with Gasteiger partial charge in [0.05, 0.1) is 5.69 Å². The molecule has 2 amide bonds. The molecule has 2 aromatic rings. The Morgan fingerprint density at radius 1 is 1.04 bits per heavy atom. The average Bonchev–Trinajstić information content (AvgIpc) is 2.57. The van der Waals surface area contributed by atoms with Crippen LogP contribution in [-0.4, -0.2) is 23.3 Å². The third kappa shape index (κ3) is 4.60. The Hall–Kier alpha value is -2.76. The van der Waals surface area contributed by atoms with Gasteiger partial charge in [-0.25, -0.2) is 9.37 Å². The molecule has 6 heteroatoms. The SMILES string of the molecule is CCCCNC(=O)c1cccc(C(=O)Nc2ccccc2F)n1. The summed E-state index contributed by atoms with van der Waals surface area (Å²) in [7, 11) is 0. The van der Waals surface area contributed by atoms with Crippen LogP contribution in [0.25, 0.3) is 0 Å². The van der Waals surface area contributed by atoms with E-state index in [1.54, 1.807) is 12.1 Å². The number of rotatable bonds is 6. The molecule has 0 atom stereocenters. The number of amides is 2. The molecule has 0 saturated heterocycles. The summed E-state index contributed by atoms with van der Waals surface area (Å²) in [6.45, 7) is 2.58. The fourth-order valence-electron chi connectivity index (χ4n) is 1.91. The number of nitrogens with zero attached hydrogens (tertiary/aromatic N) is 1. The molecule has 0 aliphatic heterocycles. The molecular weight excluding hydrogens is 297 g/mol. The van der Waals surface area contributed by atoms with Gasteiger partial charge in [0.25, 0.3) is 11.8 Å². The zero-order valence-corrected chi connectivity index (χ0v) is 12.8. The van der Waals surface area contributed by atoms with E-state index in [2.05, 4.69) is 15.6 Å². The molecule has 5 nitrogen and oxygen atoms in total. The number of unbranched alkanes of at least 4 members (excludes halogenated alkanes) is 1. The summed E-state index contributed by atoms with van der Waals surface area (Å²) in [6, 6.07) is 10.4. The van der Waals surface area contributed by atoms with Crippen LogP contribution in [0.5, 0.6) is 0 Å². The van der Waals surface area contributed by atoms with E-state index in [9.17, 15) is 14.0 Å². The number of hydrogen-bond acceptors (Lipinski definition) is 3. The minimum Gasteiger partial charge on any atom is -0.351 e. The number of nitrogens with one attached hydrogen (secondary N) is 2. The summed E-state index contributed by atoms with van der Waals surface area (Å²) < 4.78 is 13.5. The summed E-state index contributed by atoms with van der Waals surface area (Å²) >= 11 is 0. The molecule has 0 bridgehead atoms. The van der Waals surface area contributed by atoms with Gasteiger partial charge in [0.2, 0.25) is 0 Å². The molecule has 0 aliphatic rings. The quantitative estimate of drug-likeness (QED) is 0.805. The third-order valence-electron chi connectivity index (χ3n) is 3.15. The van der Waals surface area contributed by atoms with Crippen LogP contribution >= 0.6 is 0 Å². The summed E-state index contributed by atoms with van der Waals surface area (Å²) in [6.07, 6.45) is 1.85. The van der Waals surface area contributed by atoms with E-state index in [0.29, 0.717) is 6.54 Å². The predicted octanol–water partition coefficient (Wildman–Crippen LogP) is 3.00. The molecule has 0 unspecified atom stereocenters. The van der Waals surface area contributed by atoms with Gasteiger partial charge in [-0.3, -0.25) is 9.59 Å². The van der Waals surface area contributed by atoms with Crippen LogP contribution in [0.4, 0.5) is 10.1 Å². The number of hydrogen-bond donors (Lipinski definition) is 2. The number of aromatic nitrogens is 1. The van der Waals surface area contributed by atoms with Gasteiger partial charge in [0.15, 0.2) is 0 Å². The molecule has 120 valence electrons. The van der Waals surface area contributed by atoms with E-state index in [1.807, 2.05) is 6.92 Å². The second kappa shape index (κ2) is 8.03. The summed E-state index contributed by atoms with van der Waals surface area (Å²) in [4.78, 5) is 28.1. The minimum atomic E-state index is -0.571. The number of pyridine rings is 1. The lowest BCUT2D eigenvalue weighted by atomic mass is 10.2. The lowest BCUT2D eigenvalue weighted by Gasteiger charge is -2.07. The van der Waals surface area contributed by atoms with Crippen molar-refractivity contribution < 1.29 is 14.0 Å². The standard InChI is InChI=1S/C17H18FN3O2/c1-2-3-11-19-16(22)14-9-6-10-15(20-14)17(23)21-13-8-5-4-7-12(13)18/h4-10H,2-3,11H2,1H3,(H,19,22)(H,21,23). The molecule has 0 spiro atoms. The van der Waals surface area contributed by atoms with Crippen molar-refractivity contribution in [3.63, 3.8) is 0 Å². The number of carbonyl (C=O) groups excluding carboxylic acids is 2. The summed E-state index contributed by atoms with van der Waals surface area (Å²) in [5.41, 5.74) is 0.274. The maximum atomic E-state index is 13.5. The van der Waals surface area contributed by atoms with Gasteiger partial charge in [-0.1, -0.05) is 31.5 Å². The van der Waals surface area contributed by atoms with Gasteiger partial charge < -0.3 is 10.6 Å². The van der Waals surface area contributed by atoms with Gasteiger partial charge >= 0.3 is 0 Å². The first-order valence-corrected chi connectivity index (χ1v) is 7.43. The van der Waals surface area contributed by atoms with Crippen molar-refractivity contribution in [2.75, 3.05) is 11.9 Å². The smallest absolute Gasteiger partial charge is 0.274 e. The second-order valence-corrected chi connectivity index (χ2v) is 4.95. The van der Waals surface area contributed by atoms with Crippen molar-refractivity contribution in [3.8, 4) is 0 Å². The average molecular weight is 315 g/mol.